The van der Waals surface area contributed by atoms with Gasteiger partial charge in [-0.1, -0.05) is 17.7 Å². The van der Waals surface area contributed by atoms with Gasteiger partial charge in [-0.05, 0) is 55.1 Å². The number of carbonyl (C=O) groups excluding carboxylic acids is 2. The van der Waals surface area contributed by atoms with E-state index in [1.54, 1.807) is 24.3 Å². The normalized spacial score (nSPS) is 17.2. The second-order valence-electron chi connectivity index (χ2n) is 5.30. The molecule has 0 saturated carbocycles. The number of rotatable bonds is 4. The summed E-state index contributed by atoms with van der Waals surface area (Å²) >= 11 is 0.896. The van der Waals surface area contributed by atoms with Crippen molar-refractivity contribution in [3.05, 3.63) is 59.7 Å². The molecule has 0 bridgehead atoms. The van der Waals surface area contributed by atoms with Crippen LogP contribution in [0, 0.1) is 6.92 Å². The van der Waals surface area contributed by atoms with Crippen molar-refractivity contribution in [3.8, 4) is 0 Å². The van der Waals surface area contributed by atoms with Gasteiger partial charge in [-0.15, -0.1) is 0 Å². The van der Waals surface area contributed by atoms with Crippen molar-refractivity contribution in [3.63, 3.8) is 0 Å². The van der Waals surface area contributed by atoms with E-state index in [2.05, 4.69) is 5.32 Å². The zero-order valence-electron chi connectivity index (χ0n) is 12.7. The maximum Gasteiger partial charge on any atom is 0.335 e. The molecule has 0 unspecified atom stereocenters. The number of carbonyl (C=O) groups is 3. The number of nitrogens with zero attached hydrogens (tertiary/aromatic N) is 1. The SMILES string of the molecule is Cc1ccc(N2C(=O)S[C@@H](Nc3ccc(C(=O)O)cc3)C2=O)cc1. The third-order valence-corrected chi connectivity index (χ3v) is 4.51. The predicted octanol–water partition coefficient (Wildman–Crippen LogP) is 3.33. The lowest BCUT2D eigenvalue weighted by Crippen LogP contribution is -2.34. The summed E-state index contributed by atoms with van der Waals surface area (Å²) in [4.78, 5) is 36.7. The first-order valence-electron chi connectivity index (χ1n) is 7.17. The Morgan fingerprint density at radius 2 is 1.71 bits per heavy atom. The number of aryl methyl sites for hydroxylation is 1. The van der Waals surface area contributed by atoms with Gasteiger partial charge in [0.05, 0.1) is 11.3 Å². The molecule has 7 heteroatoms. The summed E-state index contributed by atoms with van der Waals surface area (Å²) in [6, 6.07) is 13.2. The molecule has 0 aromatic heterocycles. The zero-order chi connectivity index (χ0) is 17.3. The first kappa shape index (κ1) is 16.1. The van der Waals surface area contributed by atoms with Gasteiger partial charge in [0.25, 0.3) is 11.1 Å². The minimum Gasteiger partial charge on any atom is -0.478 e. The summed E-state index contributed by atoms with van der Waals surface area (Å²) in [5, 5.41) is 10.8. The van der Waals surface area contributed by atoms with Gasteiger partial charge in [0, 0.05) is 5.69 Å². The smallest absolute Gasteiger partial charge is 0.335 e. The average Bonchev–Trinajstić information content (AvgIpc) is 2.83. The molecule has 1 heterocycles. The Kier molecular flexibility index (Phi) is 4.26. The van der Waals surface area contributed by atoms with Crippen LogP contribution >= 0.6 is 11.8 Å². The van der Waals surface area contributed by atoms with Gasteiger partial charge < -0.3 is 10.4 Å². The fraction of sp³-hybridized carbons (Fsp3) is 0.118. The Labute approximate surface area is 142 Å². The van der Waals surface area contributed by atoms with Gasteiger partial charge in [-0.2, -0.15) is 0 Å². The maximum atomic E-state index is 12.5. The second kappa shape index (κ2) is 6.37. The minimum atomic E-state index is -1.02. The zero-order valence-corrected chi connectivity index (χ0v) is 13.5. The van der Waals surface area contributed by atoms with Crippen LogP contribution in [0.5, 0.6) is 0 Å². The molecule has 1 fully saturated rings. The van der Waals surface area contributed by atoms with Crippen LogP contribution in [0.25, 0.3) is 0 Å². The highest BCUT2D eigenvalue weighted by atomic mass is 32.2. The van der Waals surface area contributed by atoms with E-state index in [0.717, 1.165) is 22.2 Å². The van der Waals surface area contributed by atoms with E-state index >= 15 is 0 Å². The maximum absolute atomic E-state index is 12.5. The lowest BCUT2D eigenvalue weighted by molar-refractivity contribution is -0.116. The molecule has 2 aromatic carbocycles. The number of anilines is 2. The number of hydrogen-bond acceptors (Lipinski definition) is 5. The van der Waals surface area contributed by atoms with E-state index in [9.17, 15) is 14.4 Å². The molecule has 0 aliphatic carbocycles. The topological polar surface area (TPSA) is 86.7 Å². The Morgan fingerprint density at radius 1 is 1.08 bits per heavy atom. The van der Waals surface area contributed by atoms with Crippen LogP contribution in [0.15, 0.2) is 48.5 Å². The number of carboxylic acids is 1. The Bertz CT molecular complexity index is 802. The molecule has 1 saturated heterocycles. The molecular weight excluding hydrogens is 328 g/mol. The molecule has 1 aliphatic rings. The highest BCUT2D eigenvalue weighted by Crippen LogP contribution is 2.32. The van der Waals surface area contributed by atoms with Crippen LogP contribution < -0.4 is 10.2 Å². The summed E-state index contributed by atoms with van der Waals surface area (Å²) in [6.45, 7) is 1.93. The van der Waals surface area contributed by atoms with Crippen molar-refractivity contribution in [2.75, 3.05) is 10.2 Å². The number of imide groups is 1. The largest absolute Gasteiger partial charge is 0.478 e. The van der Waals surface area contributed by atoms with Crippen molar-refractivity contribution in [1.82, 2.24) is 0 Å². The molecule has 2 amide bonds. The number of hydrogen-bond donors (Lipinski definition) is 2. The highest BCUT2D eigenvalue weighted by Gasteiger charge is 2.40. The van der Waals surface area contributed by atoms with Gasteiger partial charge in [0.2, 0.25) is 0 Å². The fourth-order valence-electron chi connectivity index (χ4n) is 2.29. The first-order valence-corrected chi connectivity index (χ1v) is 8.05. The summed E-state index contributed by atoms with van der Waals surface area (Å²) in [5.41, 5.74) is 2.31. The molecule has 1 aliphatic heterocycles. The van der Waals surface area contributed by atoms with E-state index in [-0.39, 0.29) is 16.7 Å². The molecule has 1 atom stereocenters. The lowest BCUT2D eigenvalue weighted by atomic mass is 10.2. The van der Waals surface area contributed by atoms with E-state index < -0.39 is 11.3 Å². The van der Waals surface area contributed by atoms with Crippen molar-refractivity contribution in [2.24, 2.45) is 0 Å². The molecule has 2 aromatic rings. The quantitative estimate of drug-likeness (QED) is 0.886. The summed E-state index contributed by atoms with van der Waals surface area (Å²) < 4.78 is 0. The van der Waals surface area contributed by atoms with Crippen LogP contribution in [0.3, 0.4) is 0 Å². The van der Waals surface area contributed by atoms with Crippen molar-refractivity contribution in [1.29, 1.82) is 0 Å². The Morgan fingerprint density at radius 3 is 2.29 bits per heavy atom. The summed E-state index contributed by atoms with van der Waals surface area (Å²) in [6.07, 6.45) is 0. The van der Waals surface area contributed by atoms with Gasteiger partial charge in [-0.25, -0.2) is 9.69 Å². The van der Waals surface area contributed by atoms with E-state index in [1.807, 2.05) is 19.1 Å². The molecule has 6 nitrogen and oxygen atoms in total. The van der Waals surface area contributed by atoms with Gasteiger partial charge in [-0.3, -0.25) is 9.59 Å². The van der Waals surface area contributed by atoms with Gasteiger partial charge >= 0.3 is 5.97 Å². The number of thioether (sulfide) groups is 1. The molecule has 122 valence electrons. The van der Waals surface area contributed by atoms with E-state index in [4.69, 9.17) is 5.11 Å². The van der Waals surface area contributed by atoms with E-state index in [0.29, 0.717) is 11.4 Å². The summed E-state index contributed by atoms with van der Waals surface area (Å²) in [7, 11) is 0. The molecule has 0 radical (unpaired) electrons. The van der Waals surface area contributed by atoms with Crippen molar-refractivity contribution < 1.29 is 19.5 Å². The third kappa shape index (κ3) is 3.11. The number of nitrogens with one attached hydrogen (secondary N) is 1. The molecule has 0 spiro atoms. The number of aromatic carboxylic acids is 1. The number of amides is 2. The van der Waals surface area contributed by atoms with Crippen LogP contribution in [0.1, 0.15) is 15.9 Å². The molecular formula is C17H14N2O4S. The average molecular weight is 342 g/mol. The molecule has 24 heavy (non-hydrogen) atoms. The fourth-order valence-corrected chi connectivity index (χ4v) is 3.19. The van der Waals surface area contributed by atoms with Gasteiger partial charge in [0.15, 0.2) is 5.37 Å². The highest BCUT2D eigenvalue weighted by molar-refractivity contribution is 8.16. The van der Waals surface area contributed by atoms with Crippen LogP contribution in [-0.4, -0.2) is 27.6 Å². The first-order chi connectivity index (χ1) is 11.5. The minimum absolute atomic E-state index is 0.156. The Balaban J connectivity index is 1.76. The third-order valence-electron chi connectivity index (χ3n) is 3.57. The van der Waals surface area contributed by atoms with Crippen LogP contribution in [-0.2, 0) is 4.79 Å². The second-order valence-corrected chi connectivity index (χ2v) is 6.36. The number of benzene rings is 2. The lowest BCUT2D eigenvalue weighted by Gasteiger charge is -2.15. The standard InChI is InChI=1S/C17H14N2O4S/c1-10-2-8-13(9-3-10)19-15(20)14(24-17(19)23)18-12-6-4-11(5-7-12)16(21)22/h2-9,14,18H,1H3,(H,21,22)/t14-/m1/s1. The van der Waals surface area contributed by atoms with Gasteiger partial charge in [0.1, 0.15) is 0 Å². The van der Waals surface area contributed by atoms with E-state index in [1.165, 1.54) is 12.1 Å². The molecule has 3 rings (SSSR count). The van der Waals surface area contributed by atoms with Crippen molar-refractivity contribution in [2.45, 2.75) is 12.3 Å². The number of carboxylic acid groups (broad SMARTS) is 1. The molecule has 2 N–H and O–H groups in total. The van der Waals surface area contributed by atoms with Crippen molar-refractivity contribution >= 4 is 40.3 Å². The predicted molar refractivity (Wildman–Crippen MR) is 92.5 cm³/mol. The monoisotopic (exact) mass is 342 g/mol. The Hall–Kier alpha value is -2.80. The van der Waals surface area contributed by atoms with Crippen LogP contribution in [0.2, 0.25) is 0 Å². The summed E-state index contributed by atoms with van der Waals surface area (Å²) in [5.74, 6) is -1.37. The van der Waals surface area contributed by atoms with Crippen LogP contribution in [0.4, 0.5) is 16.2 Å².